The number of carbonyl (C=O) groups is 1. The van der Waals surface area contributed by atoms with Gasteiger partial charge in [0.05, 0.1) is 12.6 Å². The van der Waals surface area contributed by atoms with Crippen LogP contribution in [0.15, 0.2) is 70.3 Å². The van der Waals surface area contributed by atoms with Gasteiger partial charge in [-0.15, -0.1) is 0 Å². The Kier molecular flexibility index (Phi) is 4.86. The minimum Gasteiger partial charge on any atom is -0.463 e. The van der Waals surface area contributed by atoms with Gasteiger partial charge in [-0.3, -0.25) is 14.2 Å². The maximum Gasteiger partial charge on any atom is 0.254 e. The lowest BCUT2D eigenvalue weighted by molar-refractivity contribution is -0.121. The average Bonchev–Trinajstić information content (AvgIpc) is 3.12. The summed E-state index contributed by atoms with van der Waals surface area (Å²) in [7, 11) is 0. The lowest BCUT2D eigenvalue weighted by Crippen LogP contribution is -2.33. The Morgan fingerprint density at radius 1 is 1.17 bits per heavy atom. The van der Waals surface area contributed by atoms with Crippen LogP contribution in [0.2, 0.25) is 0 Å². The molecule has 1 amide bonds. The van der Waals surface area contributed by atoms with Crippen LogP contribution in [0.4, 0.5) is 0 Å². The average molecular weight is 323 g/mol. The number of nitrogens with zero attached hydrogens (tertiary/aromatic N) is 2. The first-order chi connectivity index (χ1) is 11.7. The number of aromatic nitrogens is 2. The van der Waals surface area contributed by atoms with E-state index in [4.69, 9.17) is 4.42 Å². The summed E-state index contributed by atoms with van der Waals surface area (Å²) in [5, 5.41) is 2.80. The third-order valence-electron chi connectivity index (χ3n) is 3.55. The largest absolute Gasteiger partial charge is 0.463 e. The van der Waals surface area contributed by atoms with Gasteiger partial charge in [0.2, 0.25) is 5.91 Å². The molecule has 24 heavy (non-hydrogen) atoms. The highest BCUT2D eigenvalue weighted by molar-refractivity contribution is 5.75. The Labute approximate surface area is 138 Å². The van der Waals surface area contributed by atoms with Gasteiger partial charge in [0.1, 0.15) is 12.2 Å². The summed E-state index contributed by atoms with van der Waals surface area (Å²) in [6.45, 7) is 0.467. The molecule has 2 heterocycles. The minimum atomic E-state index is -0.297. The monoisotopic (exact) mass is 323 g/mol. The van der Waals surface area contributed by atoms with E-state index in [-0.39, 0.29) is 18.0 Å². The molecule has 3 aromatic rings. The van der Waals surface area contributed by atoms with Gasteiger partial charge in [0.25, 0.3) is 5.56 Å². The van der Waals surface area contributed by atoms with Crippen molar-refractivity contribution in [1.82, 2.24) is 14.9 Å². The van der Waals surface area contributed by atoms with Gasteiger partial charge in [-0.05, 0) is 24.1 Å². The molecule has 122 valence electrons. The van der Waals surface area contributed by atoms with E-state index in [0.717, 1.165) is 12.0 Å². The van der Waals surface area contributed by atoms with Crippen LogP contribution in [0, 0.1) is 0 Å². The highest BCUT2D eigenvalue weighted by Crippen LogP contribution is 2.14. The van der Waals surface area contributed by atoms with Crippen molar-refractivity contribution in [2.24, 2.45) is 0 Å². The molecule has 0 saturated carbocycles. The summed E-state index contributed by atoms with van der Waals surface area (Å²) in [6, 6.07) is 14.7. The second kappa shape index (κ2) is 7.41. The van der Waals surface area contributed by atoms with Crippen molar-refractivity contribution in [1.29, 1.82) is 0 Å². The molecule has 0 aliphatic carbocycles. The second-order valence-electron chi connectivity index (χ2n) is 5.30. The Morgan fingerprint density at radius 3 is 2.71 bits per heavy atom. The summed E-state index contributed by atoms with van der Waals surface area (Å²) < 4.78 is 6.47. The van der Waals surface area contributed by atoms with E-state index in [2.05, 4.69) is 10.3 Å². The third-order valence-corrected chi connectivity index (χ3v) is 3.55. The molecular weight excluding hydrogens is 306 g/mol. The molecule has 0 bridgehead atoms. The summed E-state index contributed by atoms with van der Waals surface area (Å²) in [6.07, 6.45) is 3.62. The number of rotatable bonds is 6. The van der Waals surface area contributed by atoms with Crippen LogP contribution in [-0.2, 0) is 17.8 Å². The minimum absolute atomic E-state index is 0.0565. The lowest BCUT2D eigenvalue weighted by Gasteiger charge is -2.07. The molecule has 0 aliphatic rings. The predicted octanol–water partition coefficient (Wildman–Crippen LogP) is 1.86. The molecule has 0 saturated heterocycles. The first kappa shape index (κ1) is 15.7. The normalized spacial score (nSPS) is 10.5. The molecule has 0 unspecified atom stereocenters. The molecule has 6 nitrogen and oxygen atoms in total. The second-order valence-corrected chi connectivity index (χ2v) is 5.30. The first-order valence-electron chi connectivity index (χ1n) is 7.63. The quantitative estimate of drug-likeness (QED) is 0.751. The number of hydrogen-bond acceptors (Lipinski definition) is 4. The summed E-state index contributed by atoms with van der Waals surface area (Å²) in [4.78, 5) is 28.2. The zero-order chi connectivity index (χ0) is 16.8. The number of benzene rings is 1. The van der Waals surface area contributed by atoms with Crippen molar-refractivity contribution in [2.45, 2.75) is 13.0 Å². The van der Waals surface area contributed by atoms with E-state index in [9.17, 15) is 9.59 Å². The molecule has 1 aromatic carbocycles. The zero-order valence-corrected chi connectivity index (χ0v) is 13.0. The Bertz CT molecular complexity index is 855. The summed E-state index contributed by atoms with van der Waals surface area (Å²) >= 11 is 0. The lowest BCUT2D eigenvalue weighted by atomic mass is 10.1. The van der Waals surface area contributed by atoms with Crippen LogP contribution >= 0.6 is 0 Å². The number of carbonyl (C=O) groups excluding carboxylic acids is 1. The highest BCUT2D eigenvalue weighted by atomic mass is 16.3. The molecule has 1 N–H and O–H groups in total. The molecule has 6 heteroatoms. The number of amides is 1. The van der Waals surface area contributed by atoms with Crippen molar-refractivity contribution in [3.8, 4) is 11.5 Å². The van der Waals surface area contributed by atoms with E-state index in [1.165, 1.54) is 23.2 Å². The van der Waals surface area contributed by atoms with E-state index in [1.807, 2.05) is 30.3 Å². The fraction of sp³-hybridized carbons (Fsp3) is 0.167. The molecule has 0 aliphatic heterocycles. The Hall–Kier alpha value is -3.15. The van der Waals surface area contributed by atoms with Gasteiger partial charge in [0.15, 0.2) is 5.76 Å². The Balaban J connectivity index is 1.55. The number of nitrogens with one attached hydrogen (secondary N) is 1. The van der Waals surface area contributed by atoms with Gasteiger partial charge < -0.3 is 9.73 Å². The van der Waals surface area contributed by atoms with Crippen molar-refractivity contribution < 1.29 is 9.21 Å². The number of hydrogen-bond donors (Lipinski definition) is 1. The van der Waals surface area contributed by atoms with Crippen molar-refractivity contribution in [3.05, 3.63) is 77.0 Å². The van der Waals surface area contributed by atoms with E-state index >= 15 is 0 Å². The van der Waals surface area contributed by atoms with Crippen LogP contribution in [0.1, 0.15) is 5.56 Å². The van der Waals surface area contributed by atoms with Crippen LogP contribution in [0.3, 0.4) is 0 Å². The van der Waals surface area contributed by atoms with Gasteiger partial charge in [0, 0.05) is 12.6 Å². The van der Waals surface area contributed by atoms with Gasteiger partial charge >= 0.3 is 0 Å². The van der Waals surface area contributed by atoms with Gasteiger partial charge in [-0.25, -0.2) is 4.98 Å². The summed E-state index contributed by atoms with van der Waals surface area (Å²) in [5.74, 6) is 0.298. The molecule has 3 rings (SSSR count). The van der Waals surface area contributed by atoms with Gasteiger partial charge in [-0.2, -0.15) is 0 Å². The standard InChI is InChI=1S/C18H17N3O3/c22-17(19-9-8-14-5-2-1-3-6-14)12-21-13-20-15(11-18(21)23)16-7-4-10-24-16/h1-7,10-11,13H,8-9,12H2,(H,19,22). The van der Waals surface area contributed by atoms with Gasteiger partial charge in [-0.1, -0.05) is 30.3 Å². The maximum absolute atomic E-state index is 12.1. The molecule has 0 spiro atoms. The van der Waals surface area contributed by atoms with Crippen LogP contribution in [0.5, 0.6) is 0 Å². The molecule has 0 fully saturated rings. The zero-order valence-electron chi connectivity index (χ0n) is 13.0. The Morgan fingerprint density at radius 2 is 2.00 bits per heavy atom. The van der Waals surface area contributed by atoms with Crippen LogP contribution in [0.25, 0.3) is 11.5 Å². The maximum atomic E-state index is 12.1. The van der Waals surface area contributed by atoms with E-state index in [1.54, 1.807) is 12.1 Å². The summed E-state index contributed by atoms with van der Waals surface area (Å²) in [5.41, 5.74) is 1.31. The van der Waals surface area contributed by atoms with Crippen molar-refractivity contribution >= 4 is 5.91 Å². The topological polar surface area (TPSA) is 77.1 Å². The molecule has 0 atom stereocenters. The van der Waals surface area contributed by atoms with E-state index in [0.29, 0.717) is 18.0 Å². The van der Waals surface area contributed by atoms with E-state index < -0.39 is 0 Å². The fourth-order valence-electron chi connectivity index (χ4n) is 2.31. The fourth-order valence-corrected chi connectivity index (χ4v) is 2.31. The molecule has 0 radical (unpaired) electrons. The molecular formula is C18H17N3O3. The smallest absolute Gasteiger partial charge is 0.254 e. The third kappa shape index (κ3) is 3.98. The van der Waals surface area contributed by atoms with Crippen molar-refractivity contribution in [3.63, 3.8) is 0 Å². The van der Waals surface area contributed by atoms with Crippen molar-refractivity contribution in [2.75, 3.05) is 6.54 Å². The first-order valence-corrected chi connectivity index (χ1v) is 7.63. The van der Waals surface area contributed by atoms with Crippen LogP contribution in [-0.4, -0.2) is 22.0 Å². The SMILES string of the molecule is O=C(Cn1cnc(-c2ccco2)cc1=O)NCCc1ccccc1. The van der Waals surface area contributed by atoms with Crippen LogP contribution < -0.4 is 10.9 Å². The number of furan rings is 1. The highest BCUT2D eigenvalue weighted by Gasteiger charge is 2.08. The molecule has 2 aromatic heterocycles. The predicted molar refractivity (Wildman–Crippen MR) is 89.4 cm³/mol.